The zero-order chi connectivity index (χ0) is 16.7. The molecule has 0 unspecified atom stereocenters. The van der Waals surface area contributed by atoms with Gasteiger partial charge in [-0.15, -0.1) is 11.8 Å². The van der Waals surface area contributed by atoms with E-state index in [0.29, 0.717) is 0 Å². The number of alkyl halides is 3. The Morgan fingerprint density at radius 2 is 1.70 bits per heavy atom. The van der Waals surface area contributed by atoms with E-state index < -0.39 is 12.8 Å². The van der Waals surface area contributed by atoms with Crippen molar-refractivity contribution < 1.29 is 17.9 Å². The first kappa shape index (κ1) is 18.0. The second kappa shape index (κ2) is 8.48. The van der Waals surface area contributed by atoms with Crippen LogP contribution in [0.25, 0.3) is 10.8 Å². The number of thioether (sulfide) groups is 1. The highest BCUT2D eigenvalue weighted by Gasteiger charge is 2.28. The zero-order valence-electron chi connectivity index (χ0n) is 13.2. The van der Waals surface area contributed by atoms with Crippen LogP contribution in [0.4, 0.5) is 13.2 Å². The van der Waals surface area contributed by atoms with Crippen LogP contribution in [0.15, 0.2) is 41.3 Å². The van der Waals surface area contributed by atoms with Crippen molar-refractivity contribution in [2.45, 2.75) is 43.7 Å². The molecule has 0 saturated carbocycles. The average molecular weight is 342 g/mol. The number of hydrogen-bond acceptors (Lipinski definition) is 2. The summed E-state index contributed by atoms with van der Waals surface area (Å²) < 4.78 is 42.0. The molecule has 126 valence electrons. The first-order valence-corrected chi connectivity index (χ1v) is 8.84. The summed E-state index contributed by atoms with van der Waals surface area (Å²) >= 11 is 1.75. The molecular weight excluding hydrogens is 321 g/mol. The number of rotatable bonds is 8. The Labute approximate surface area is 139 Å². The monoisotopic (exact) mass is 342 g/mol. The molecule has 2 aromatic rings. The largest absolute Gasteiger partial charge is 0.483 e. The second-order valence-corrected chi connectivity index (χ2v) is 6.56. The number of halogens is 3. The number of ether oxygens (including phenoxy) is 1. The Morgan fingerprint density at radius 3 is 2.39 bits per heavy atom. The Bertz CT molecular complexity index is 625. The maximum Gasteiger partial charge on any atom is 0.422 e. The molecule has 0 spiro atoms. The molecule has 0 N–H and O–H groups in total. The van der Waals surface area contributed by atoms with Crippen LogP contribution < -0.4 is 4.74 Å². The maximum atomic E-state index is 12.4. The Balaban J connectivity index is 2.11. The molecule has 0 heterocycles. The fourth-order valence-electron chi connectivity index (χ4n) is 2.37. The quantitative estimate of drug-likeness (QED) is 0.402. The fraction of sp³-hybridized carbons (Fsp3) is 0.444. The van der Waals surface area contributed by atoms with Gasteiger partial charge in [-0.05, 0) is 29.7 Å². The molecule has 5 heteroatoms. The standard InChI is InChI=1S/C18H21F3OS/c1-2-3-4-7-12-23-17-11-10-16(22-13-18(19,20)21)14-8-5-6-9-15(14)17/h5-6,8-11H,2-4,7,12-13H2,1H3. The van der Waals surface area contributed by atoms with Crippen molar-refractivity contribution in [1.82, 2.24) is 0 Å². The van der Waals surface area contributed by atoms with Gasteiger partial charge in [0, 0.05) is 10.3 Å². The summed E-state index contributed by atoms with van der Waals surface area (Å²) in [5.74, 6) is 1.31. The van der Waals surface area contributed by atoms with Gasteiger partial charge in [-0.2, -0.15) is 13.2 Å². The molecule has 0 aliphatic heterocycles. The minimum absolute atomic E-state index is 0.285. The van der Waals surface area contributed by atoms with Crippen LogP contribution in [0.2, 0.25) is 0 Å². The molecule has 0 bridgehead atoms. The van der Waals surface area contributed by atoms with Crippen LogP contribution in [0.1, 0.15) is 32.6 Å². The van der Waals surface area contributed by atoms with Crippen molar-refractivity contribution in [3.05, 3.63) is 36.4 Å². The highest BCUT2D eigenvalue weighted by Crippen LogP contribution is 2.35. The SMILES string of the molecule is CCCCCCSc1ccc(OCC(F)(F)F)c2ccccc12. The molecule has 23 heavy (non-hydrogen) atoms. The van der Waals surface area contributed by atoms with Crippen LogP contribution in [0, 0.1) is 0 Å². The molecule has 0 fully saturated rings. The molecule has 0 aliphatic rings. The van der Waals surface area contributed by atoms with Crippen molar-refractivity contribution in [2.75, 3.05) is 12.4 Å². The van der Waals surface area contributed by atoms with Gasteiger partial charge in [0.05, 0.1) is 0 Å². The normalized spacial score (nSPS) is 11.8. The Morgan fingerprint density at radius 1 is 0.957 bits per heavy atom. The van der Waals surface area contributed by atoms with Crippen molar-refractivity contribution in [3.63, 3.8) is 0 Å². The van der Waals surface area contributed by atoms with Crippen molar-refractivity contribution in [2.24, 2.45) is 0 Å². The highest BCUT2D eigenvalue weighted by molar-refractivity contribution is 7.99. The lowest BCUT2D eigenvalue weighted by atomic mass is 10.1. The van der Waals surface area contributed by atoms with Crippen LogP contribution in [-0.2, 0) is 0 Å². The van der Waals surface area contributed by atoms with E-state index in [4.69, 9.17) is 4.74 Å². The summed E-state index contributed by atoms with van der Waals surface area (Å²) in [5.41, 5.74) is 0. The zero-order valence-corrected chi connectivity index (χ0v) is 14.0. The van der Waals surface area contributed by atoms with Crippen LogP contribution in [-0.4, -0.2) is 18.5 Å². The fourth-order valence-corrected chi connectivity index (χ4v) is 3.43. The van der Waals surface area contributed by atoms with E-state index in [2.05, 4.69) is 6.92 Å². The van der Waals surface area contributed by atoms with Gasteiger partial charge in [-0.3, -0.25) is 0 Å². The number of hydrogen-bond donors (Lipinski definition) is 0. The lowest BCUT2D eigenvalue weighted by molar-refractivity contribution is -0.153. The van der Waals surface area contributed by atoms with E-state index in [-0.39, 0.29) is 5.75 Å². The molecule has 0 aromatic heterocycles. The van der Waals surface area contributed by atoms with Gasteiger partial charge >= 0.3 is 6.18 Å². The maximum absolute atomic E-state index is 12.4. The summed E-state index contributed by atoms with van der Waals surface area (Å²) in [4.78, 5) is 1.09. The molecule has 0 atom stereocenters. The molecule has 1 nitrogen and oxygen atoms in total. The lowest BCUT2D eigenvalue weighted by Crippen LogP contribution is -2.19. The van der Waals surface area contributed by atoms with Crippen LogP contribution in [0.3, 0.4) is 0 Å². The van der Waals surface area contributed by atoms with Crippen molar-refractivity contribution in [3.8, 4) is 5.75 Å². The molecule has 0 amide bonds. The van der Waals surface area contributed by atoms with Gasteiger partial charge in [0.1, 0.15) is 5.75 Å². The summed E-state index contributed by atoms with van der Waals surface area (Å²) in [6.45, 7) is 0.917. The first-order valence-electron chi connectivity index (χ1n) is 7.85. The summed E-state index contributed by atoms with van der Waals surface area (Å²) in [7, 11) is 0. The van der Waals surface area contributed by atoms with E-state index in [1.54, 1.807) is 17.8 Å². The summed E-state index contributed by atoms with van der Waals surface area (Å²) in [6.07, 6.45) is 0.492. The molecule has 0 saturated heterocycles. The van der Waals surface area contributed by atoms with E-state index in [0.717, 1.165) is 27.8 Å². The molecule has 2 aromatic carbocycles. The number of fused-ring (bicyclic) bond motifs is 1. The third kappa shape index (κ3) is 5.65. The molecule has 0 radical (unpaired) electrons. The van der Waals surface area contributed by atoms with Crippen molar-refractivity contribution in [1.29, 1.82) is 0 Å². The highest BCUT2D eigenvalue weighted by atomic mass is 32.2. The third-order valence-corrected chi connectivity index (χ3v) is 4.65. The predicted molar refractivity (Wildman–Crippen MR) is 90.4 cm³/mol. The summed E-state index contributed by atoms with van der Waals surface area (Å²) in [5, 5.41) is 1.68. The smallest absolute Gasteiger partial charge is 0.422 e. The third-order valence-electron chi connectivity index (χ3n) is 3.49. The molecule has 0 aliphatic carbocycles. The van der Waals surface area contributed by atoms with Gasteiger partial charge in [0.25, 0.3) is 0 Å². The van der Waals surface area contributed by atoms with Gasteiger partial charge < -0.3 is 4.74 Å². The van der Waals surface area contributed by atoms with Gasteiger partial charge in [0.15, 0.2) is 6.61 Å². The second-order valence-electron chi connectivity index (χ2n) is 5.42. The van der Waals surface area contributed by atoms with Crippen LogP contribution >= 0.6 is 11.8 Å². The van der Waals surface area contributed by atoms with Gasteiger partial charge in [-0.1, -0.05) is 50.5 Å². The van der Waals surface area contributed by atoms with E-state index in [1.807, 2.05) is 30.3 Å². The Hall–Kier alpha value is -1.36. The first-order chi connectivity index (χ1) is 11.0. The number of benzene rings is 2. The Kier molecular flexibility index (Phi) is 6.63. The average Bonchev–Trinajstić information content (AvgIpc) is 2.52. The minimum Gasteiger partial charge on any atom is -0.483 e. The number of unbranched alkanes of at least 4 members (excludes halogenated alkanes) is 3. The predicted octanol–water partition coefficient (Wildman–Crippen LogP) is 6.45. The molecule has 2 rings (SSSR count). The minimum atomic E-state index is -4.33. The topological polar surface area (TPSA) is 9.23 Å². The van der Waals surface area contributed by atoms with E-state index >= 15 is 0 Å². The summed E-state index contributed by atoms with van der Waals surface area (Å²) in [6, 6.07) is 11.0. The van der Waals surface area contributed by atoms with Gasteiger partial charge in [-0.25, -0.2) is 0 Å². The van der Waals surface area contributed by atoms with E-state index in [1.165, 1.54) is 19.3 Å². The van der Waals surface area contributed by atoms with Crippen LogP contribution in [0.5, 0.6) is 5.75 Å². The molecular formula is C18H21F3OS. The lowest BCUT2D eigenvalue weighted by Gasteiger charge is -2.13. The van der Waals surface area contributed by atoms with Crippen molar-refractivity contribution >= 4 is 22.5 Å². The van der Waals surface area contributed by atoms with E-state index in [9.17, 15) is 13.2 Å². The van der Waals surface area contributed by atoms with Gasteiger partial charge in [0.2, 0.25) is 0 Å².